The van der Waals surface area contributed by atoms with Crippen LogP contribution in [0.3, 0.4) is 0 Å². The molecular weight excluding hydrogens is 288 g/mol. The summed E-state index contributed by atoms with van der Waals surface area (Å²) in [5.41, 5.74) is 5.19. The molecule has 2 aliphatic carbocycles. The molecule has 3 nitrogen and oxygen atoms in total. The van der Waals surface area contributed by atoms with Gasteiger partial charge in [0, 0.05) is 24.2 Å². The Morgan fingerprint density at radius 3 is 2.57 bits per heavy atom. The van der Waals surface area contributed by atoms with Crippen LogP contribution in [0.4, 0.5) is 0 Å². The first-order chi connectivity index (χ1) is 11.2. The summed E-state index contributed by atoms with van der Waals surface area (Å²) in [6, 6.07) is 10.0. The highest BCUT2D eigenvalue weighted by atomic mass is 16.5. The van der Waals surface area contributed by atoms with E-state index in [2.05, 4.69) is 6.92 Å². The van der Waals surface area contributed by atoms with Crippen LogP contribution in [0.2, 0.25) is 0 Å². The van der Waals surface area contributed by atoms with Crippen LogP contribution in [-0.4, -0.2) is 19.3 Å². The molecule has 0 aromatic heterocycles. The molecule has 2 aromatic rings. The molecule has 0 spiro atoms. The van der Waals surface area contributed by atoms with Gasteiger partial charge in [-0.3, -0.25) is 0 Å². The van der Waals surface area contributed by atoms with Crippen LogP contribution in [0.15, 0.2) is 30.3 Å². The standard InChI is InChI=1S/C20H22O3/c1-12-15(13-8-5-4-6-9-13)18(21)19(22-2)17-16(12)14-10-7-11-20(14,17)23-3/h4-6,8-9,14,21H,7,10-11H2,1-3H3. The van der Waals surface area contributed by atoms with E-state index in [0.717, 1.165) is 41.5 Å². The van der Waals surface area contributed by atoms with Gasteiger partial charge in [-0.25, -0.2) is 0 Å². The average Bonchev–Trinajstić information content (AvgIpc) is 2.92. The lowest BCUT2D eigenvalue weighted by molar-refractivity contribution is -0.0485. The van der Waals surface area contributed by atoms with Gasteiger partial charge >= 0.3 is 0 Å². The van der Waals surface area contributed by atoms with Crippen LogP contribution in [0, 0.1) is 6.92 Å². The number of hydrogen-bond acceptors (Lipinski definition) is 3. The maximum absolute atomic E-state index is 10.9. The molecule has 0 radical (unpaired) electrons. The monoisotopic (exact) mass is 310 g/mol. The van der Waals surface area contributed by atoms with Crippen LogP contribution in [0.5, 0.6) is 11.5 Å². The Balaban J connectivity index is 2.02. The van der Waals surface area contributed by atoms with Crippen molar-refractivity contribution >= 4 is 0 Å². The van der Waals surface area contributed by atoms with Crippen molar-refractivity contribution in [1.82, 2.24) is 0 Å². The van der Waals surface area contributed by atoms with Gasteiger partial charge in [0.05, 0.1) is 7.11 Å². The van der Waals surface area contributed by atoms with Crippen LogP contribution in [-0.2, 0) is 10.3 Å². The molecule has 23 heavy (non-hydrogen) atoms. The van der Waals surface area contributed by atoms with Crippen LogP contribution >= 0.6 is 0 Å². The SMILES string of the molecule is COc1c(O)c(-c2ccccc2)c(C)c2c1C1(OC)CCCC21. The fourth-order valence-corrected chi connectivity index (χ4v) is 4.79. The maximum Gasteiger partial charge on any atom is 0.167 e. The first kappa shape index (κ1) is 14.6. The smallest absolute Gasteiger partial charge is 0.167 e. The number of fused-ring (bicyclic) bond motifs is 4. The van der Waals surface area contributed by atoms with Crippen LogP contribution in [0.25, 0.3) is 11.1 Å². The Bertz CT molecular complexity index is 766. The van der Waals surface area contributed by atoms with E-state index in [1.807, 2.05) is 30.3 Å². The first-order valence-corrected chi connectivity index (χ1v) is 8.20. The second kappa shape index (κ2) is 5.00. The predicted molar refractivity (Wildman–Crippen MR) is 90.1 cm³/mol. The molecule has 2 atom stereocenters. The average molecular weight is 310 g/mol. The number of methoxy groups -OCH3 is 2. The molecule has 120 valence electrons. The molecule has 0 saturated heterocycles. The van der Waals surface area contributed by atoms with Gasteiger partial charge < -0.3 is 14.6 Å². The third kappa shape index (κ3) is 1.69. The molecule has 0 amide bonds. The van der Waals surface area contributed by atoms with Gasteiger partial charge in [0.25, 0.3) is 0 Å². The number of hydrogen-bond donors (Lipinski definition) is 1. The zero-order valence-corrected chi connectivity index (χ0v) is 13.8. The Morgan fingerprint density at radius 1 is 1.17 bits per heavy atom. The van der Waals surface area contributed by atoms with E-state index >= 15 is 0 Å². The van der Waals surface area contributed by atoms with Crippen molar-refractivity contribution in [3.63, 3.8) is 0 Å². The lowest BCUT2D eigenvalue weighted by atomic mass is 9.62. The van der Waals surface area contributed by atoms with Crippen molar-refractivity contribution in [2.45, 2.75) is 37.7 Å². The highest BCUT2D eigenvalue weighted by Gasteiger charge is 2.58. The number of phenols is 1. The molecule has 1 fully saturated rings. The van der Waals surface area contributed by atoms with Crippen LogP contribution < -0.4 is 4.74 Å². The van der Waals surface area contributed by atoms with Crippen molar-refractivity contribution < 1.29 is 14.6 Å². The minimum Gasteiger partial charge on any atom is -0.504 e. The highest BCUT2D eigenvalue weighted by Crippen LogP contribution is 2.67. The Morgan fingerprint density at radius 2 is 1.91 bits per heavy atom. The molecule has 1 saturated carbocycles. The van der Waals surface area contributed by atoms with E-state index in [9.17, 15) is 5.11 Å². The minimum absolute atomic E-state index is 0.233. The third-order valence-corrected chi connectivity index (χ3v) is 5.73. The summed E-state index contributed by atoms with van der Waals surface area (Å²) in [4.78, 5) is 0. The zero-order chi connectivity index (χ0) is 16.2. The predicted octanol–water partition coefficient (Wildman–Crippen LogP) is 4.50. The molecular formula is C20H22O3. The number of benzene rings is 2. The van der Waals surface area contributed by atoms with Crippen molar-refractivity contribution in [2.24, 2.45) is 0 Å². The van der Waals surface area contributed by atoms with E-state index in [-0.39, 0.29) is 11.4 Å². The summed E-state index contributed by atoms with van der Waals surface area (Å²) in [6.45, 7) is 2.11. The third-order valence-electron chi connectivity index (χ3n) is 5.73. The number of ether oxygens (including phenoxy) is 2. The summed E-state index contributed by atoms with van der Waals surface area (Å²) in [6.07, 6.45) is 3.29. The summed E-state index contributed by atoms with van der Waals surface area (Å²) in [7, 11) is 3.41. The normalized spacial score (nSPS) is 24.7. The number of rotatable bonds is 3. The van der Waals surface area contributed by atoms with Crippen LogP contribution in [0.1, 0.15) is 41.9 Å². The van der Waals surface area contributed by atoms with Gasteiger partial charge in [0.1, 0.15) is 5.60 Å². The summed E-state index contributed by atoms with van der Waals surface area (Å²) in [5, 5.41) is 10.9. The summed E-state index contributed by atoms with van der Waals surface area (Å²) < 4.78 is 11.6. The molecule has 0 bridgehead atoms. The van der Waals surface area contributed by atoms with Gasteiger partial charge in [-0.2, -0.15) is 0 Å². The van der Waals surface area contributed by atoms with E-state index in [1.54, 1.807) is 14.2 Å². The number of phenolic OH excluding ortho intramolecular Hbond substituents is 1. The lowest BCUT2D eigenvalue weighted by Crippen LogP contribution is -2.42. The van der Waals surface area contributed by atoms with Crippen molar-refractivity contribution in [3.05, 3.63) is 47.0 Å². The Labute approximate surface area is 136 Å². The molecule has 3 heteroatoms. The second-order valence-electron chi connectivity index (χ2n) is 6.57. The van der Waals surface area contributed by atoms with Gasteiger partial charge in [0.15, 0.2) is 11.5 Å². The molecule has 1 N–H and O–H groups in total. The van der Waals surface area contributed by atoms with E-state index < -0.39 is 0 Å². The van der Waals surface area contributed by atoms with Crippen molar-refractivity contribution in [2.75, 3.05) is 14.2 Å². The Hall–Kier alpha value is -2.00. The first-order valence-electron chi connectivity index (χ1n) is 8.20. The largest absolute Gasteiger partial charge is 0.504 e. The van der Waals surface area contributed by atoms with E-state index in [1.165, 1.54) is 5.56 Å². The molecule has 2 unspecified atom stereocenters. The molecule has 0 aliphatic heterocycles. The summed E-state index contributed by atoms with van der Waals surface area (Å²) >= 11 is 0. The van der Waals surface area contributed by atoms with E-state index in [4.69, 9.17) is 9.47 Å². The number of aromatic hydroxyl groups is 1. The fraction of sp³-hybridized carbons (Fsp3) is 0.400. The van der Waals surface area contributed by atoms with Crippen molar-refractivity contribution in [1.29, 1.82) is 0 Å². The molecule has 4 rings (SSSR count). The topological polar surface area (TPSA) is 38.7 Å². The van der Waals surface area contributed by atoms with Gasteiger partial charge in [-0.15, -0.1) is 0 Å². The zero-order valence-electron chi connectivity index (χ0n) is 13.8. The molecule has 2 aromatic carbocycles. The highest BCUT2D eigenvalue weighted by molar-refractivity contribution is 5.82. The van der Waals surface area contributed by atoms with Crippen molar-refractivity contribution in [3.8, 4) is 22.6 Å². The molecule has 0 heterocycles. The quantitative estimate of drug-likeness (QED) is 0.907. The second-order valence-corrected chi connectivity index (χ2v) is 6.57. The molecule has 2 aliphatic rings. The minimum atomic E-state index is -0.266. The van der Waals surface area contributed by atoms with Gasteiger partial charge in [0.2, 0.25) is 0 Å². The summed E-state index contributed by atoms with van der Waals surface area (Å²) in [5.74, 6) is 1.24. The van der Waals surface area contributed by atoms with Gasteiger partial charge in [-0.1, -0.05) is 30.3 Å². The van der Waals surface area contributed by atoms with E-state index in [0.29, 0.717) is 11.7 Å². The Kier molecular flexibility index (Phi) is 3.17. The fourth-order valence-electron chi connectivity index (χ4n) is 4.79. The lowest BCUT2D eigenvalue weighted by Gasteiger charge is -2.48. The van der Waals surface area contributed by atoms with Gasteiger partial charge in [-0.05, 0) is 42.9 Å². The maximum atomic E-state index is 10.9.